The molecule has 0 radical (unpaired) electrons. The summed E-state index contributed by atoms with van der Waals surface area (Å²) in [5.41, 5.74) is 4.57. The lowest BCUT2D eigenvalue weighted by Crippen LogP contribution is -2.26. The number of para-hydroxylation sites is 2. The highest BCUT2D eigenvalue weighted by Gasteiger charge is 2.13. The molecule has 2 heterocycles. The van der Waals surface area contributed by atoms with E-state index in [1.165, 1.54) is 17.4 Å². The molecule has 6 nitrogen and oxygen atoms in total. The molecular formula is C28H33N3O3. The van der Waals surface area contributed by atoms with Gasteiger partial charge in [0.15, 0.2) is 5.76 Å². The number of aromatic nitrogens is 2. The van der Waals surface area contributed by atoms with E-state index < -0.39 is 0 Å². The summed E-state index contributed by atoms with van der Waals surface area (Å²) in [6.45, 7) is 8.53. The van der Waals surface area contributed by atoms with E-state index in [2.05, 4.69) is 54.9 Å². The van der Waals surface area contributed by atoms with Gasteiger partial charge in [-0.1, -0.05) is 38.1 Å². The van der Waals surface area contributed by atoms with Crippen LogP contribution in [0.5, 0.6) is 5.75 Å². The first-order valence-corrected chi connectivity index (χ1v) is 12.0. The summed E-state index contributed by atoms with van der Waals surface area (Å²) in [5.74, 6) is 2.52. The highest BCUT2D eigenvalue weighted by Crippen LogP contribution is 2.27. The quantitative estimate of drug-likeness (QED) is 0.284. The number of ether oxygens (including phenoxy) is 1. The molecule has 4 rings (SSSR count). The molecule has 0 fully saturated rings. The summed E-state index contributed by atoms with van der Waals surface area (Å²) in [7, 11) is 0. The molecule has 34 heavy (non-hydrogen) atoms. The van der Waals surface area contributed by atoms with Crippen LogP contribution in [0.4, 0.5) is 0 Å². The van der Waals surface area contributed by atoms with E-state index in [4.69, 9.17) is 14.1 Å². The van der Waals surface area contributed by atoms with Gasteiger partial charge in [-0.2, -0.15) is 0 Å². The van der Waals surface area contributed by atoms with Crippen molar-refractivity contribution < 1.29 is 13.9 Å². The first kappa shape index (κ1) is 23.6. The lowest BCUT2D eigenvalue weighted by molar-refractivity contribution is 0.0926. The zero-order valence-corrected chi connectivity index (χ0v) is 20.2. The van der Waals surface area contributed by atoms with Gasteiger partial charge in [0.05, 0.1) is 23.9 Å². The van der Waals surface area contributed by atoms with Gasteiger partial charge in [0.1, 0.15) is 11.6 Å². The van der Waals surface area contributed by atoms with Crippen LogP contribution in [0.3, 0.4) is 0 Å². The number of carbonyl (C=O) groups excluding carboxylic acids is 1. The molecule has 0 unspecified atom stereocenters. The highest BCUT2D eigenvalue weighted by molar-refractivity contribution is 5.91. The van der Waals surface area contributed by atoms with Gasteiger partial charge in [0.25, 0.3) is 5.91 Å². The Balaban J connectivity index is 1.34. The number of imidazole rings is 1. The Kier molecular flexibility index (Phi) is 7.68. The van der Waals surface area contributed by atoms with Gasteiger partial charge in [-0.05, 0) is 67.1 Å². The number of benzene rings is 2. The number of nitrogens with one attached hydrogen (secondary N) is 1. The van der Waals surface area contributed by atoms with Crippen molar-refractivity contribution in [2.45, 2.75) is 52.5 Å². The zero-order chi connectivity index (χ0) is 23.9. The van der Waals surface area contributed by atoms with Crippen molar-refractivity contribution in [1.82, 2.24) is 14.9 Å². The van der Waals surface area contributed by atoms with Crippen molar-refractivity contribution in [2.75, 3.05) is 13.2 Å². The van der Waals surface area contributed by atoms with E-state index in [1.54, 1.807) is 12.1 Å². The number of hydrogen-bond donors (Lipinski definition) is 1. The molecular weight excluding hydrogens is 426 g/mol. The molecule has 178 valence electrons. The van der Waals surface area contributed by atoms with Crippen LogP contribution < -0.4 is 10.1 Å². The van der Waals surface area contributed by atoms with Crippen LogP contribution in [0.25, 0.3) is 11.0 Å². The summed E-state index contributed by atoms with van der Waals surface area (Å²) < 4.78 is 13.6. The van der Waals surface area contributed by atoms with E-state index in [0.717, 1.165) is 42.0 Å². The largest absolute Gasteiger partial charge is 0.493 e. The Bertz CT molecular complexity index is 1230. The normalized spacial score (nSPS) is 11.3. The first-order chi connectivity index (χ1) is 16.5. The number of unbranched alkanes of at least 4 members (excludes halogenated alkanes) is 1. The molecule has 0 atom stereocenters. The fraction of sp³-hybridized carbons (Fsp3) is 0.357. The van der Waals surface area contributed by atoms with Crippen LogP contribution in [-0.4, -0.2) is 28.6 Å². The van der Waals surface area contributed by atoms with Crippen LogP contribution >= 0.6 is 0 Å². The second kappa shape index (κ2) is 11.1. The zero-order valence-electron chi connectivity index (χ0n) is 20.2. The average Bonchev–Trinajstić information content (AvgIpc) is 3.47. The Labute approximate surface area is 200 Å². The number of fused-ring (bicyclic) bond motifs is 1. The molecule has 0 aliphatic heterocycles. The van der Waals surface area contributed by atoms with E-state index >= 15 is 0 Å². The van der Waals surface area contributed by atoms with E-state index in [-0.39, 0.29) is 5.91 Å². The molecule has 1 amide bonds. The summed E-state index contributed by atoms with van der Waals surface area (Å²) in [4.78, 5) is 17.0. The van der Waals surface area contributed by atoms with E-state index in [1.807, 2.05) is 18.2 Å². The lowest BCUT2D eigenvalue weighted by Gasteiger charge is -2.15. The minimum atomic E-state index is -0.207. The second-order valence-electron chi connectivity index (χ2n) is 8.90. The fourth-order valence-corrected chi connectivity index (χ4v) is 4.15. The summed E-state index contributed by atoms with van der Waals surface area (Å²) in [6.07, 6.45) is 4.08. The smallest absolute Gasteiger partial charge is 0.286 e. The molecule has 0 aliphatic rings. The van der Waals surface area contributed by atoms with Crippen LogP contribution in [0.1, 0.15) is 60.1 Å². The molecule has 6 heteroatoms. The van der Waals surface area contributed by atoms with Crippen LogP contribution in [0, 0.1) is 6.92 Å². The van der Waals surface area contributed by atoms with Gasteiger partial charge in [-0.25, -0.2) is 4.98 Å². The van der Waals surface area contributed by atoms with Crippen LogP contribution in [0.2, 0.25) is 0 Å². The predicted octanol–water partition coefficient (Wildman–Crippen LogP) is 5.89. The van der Waals surface area contributed by atoms with Gasteiger partial charge in [-0.3, -0.25) is 4.79 Å². The number of rotatable bonds is 11. The third kappa shape index (κ3) is 5.68. The van der Waals surface area contributed by atoms with Crippen molar-refractivity contribution in [3.8, 4) is 5.75 Å². The molecule has 2 aromatic heterocycles. The Morgan fingerprint density at radius 1 is 1.12 bits per heavy atom. The Morgan fingerprint density at radius 2 is 1.97 bits per heavy atom. The molecule has 2 aromatic carbocycles. The third-order valence-corrected chi connectivity index (χ3v) is 5.94. The Morgan fingerprint density at radius 3 is 2.76 bits per heavy atom. The van der Waals surface area contributed by atoms with Gasteiger partial charge in [-0.15, -0.1) is 0 Å². The maximum Gasteiger partial charge on any atom is 0.286 e. The summed E-state index contributed by atoms with van der Waals surface area (Å²) in [5, 5.41) is 2.91. The number of furan rings is 1. The fourth-order valence-electron chi connectivity index (χ4n) is 4.15. The van der Waals surface area contributed by atoms with E-state index in [9.17, 15) is 4.79 Å². The van der Waals surface area contributed by atoms with Gasteiger partial charge in [0, 0.05) is 19.5 Å². The van der Waals surface area contributed by atoms with Gasteiger partial charge >= 0.3 is 0 Å². The average molecular weight is 460 g/mol. The van der Waals surface area contributed by atoms with Crippen LogP contribution in [-0.2, 0) is 13.0 Å². The highest BCUT2D eigenvalue weighted by atomic mass is 16.5. The topological polar surface area (TPSA) is 69.3 Å². The number of carbonyl (C=O) groups is 1. The molecule has 0 saturated carbocycles. The number of hydrogen-bond acceptors (Lipinski definition) is 4. The second-order valence-corrected chi connectivity index (χ2v) is 8.90. The maximum absolute atomic E-state index is 12.2. The summed E-state index contributed by atoms with van der Waals surface area (Å²) in [6, 6.07) is 18.0. The van der Waals surface area contributed by atoms with Crippen molar-refractivity contribution in [3.63, 3.8) is 0 Å². The van der Waals surface area contributed by atoms with Crippen molar-refractivity contribution in [2.24, 2.45) is 0 Å². The number of nitrogens with zero attached hydrogens (tertiary/aromatic N) is 2. The monoisotopic (exact) mass is 459 g/mol. The summed E-state index contributed by atoms with van der Waals surface area (Å²) >= 11 is 0. The van der Waals surface area contributed by atoms with Crippen molar-refractivity contribution >= 4 is 16.9 Å². The standard InChI is InChI=1S/C28H33N3O3/c1-20(2)22-13-12-21(3)19-26(22)34-17-7-6-16-31-24-10-5-4-9-23(24)30-27(31)14-15-29-28(32)25-11-8-18-33-25/h4-5,8-13,18-20H,6-7,14-17H2,1-3H3,(H,29,32). The van der Waals surface area contributed by atoms with Gasteiger partial charge in [0.2, 0.25) is 0 Å². The predicted molar refractivity (Wildman–Crippen MR) is 134 cm³/mol. The van der Waals surface area contributed by atoms with Crippen molar-refractivity contribution in [1.29, 1.82) is 0 Å². The first-order valence-electron chi connectivity index (χ1n) is 12.0. The third-order valence-electron chi connectivity index (χ3n) is 5.94. The van der Waals surface area contributed by atoms with E-state index in [0.29, 0.717) is 31.3 Å². The molecule has 0 bridgehead atoms. The molecule has 1 N–H and O–H groups in total. The minimum Gasteiger partial charge on any atom is -0.493 e. The lowest BCUT2D eigenvalue weighted by atomic mass is 10.0. The number of amides is 1. The maximum atomic E-state index is 12.2. The minimum absolute atomic E-state index is 0.207. The van der Waals surface area contributed by atoms with Gasteiger partial charge < -0.3 is 19.0 Å². The van der Waals surface area contributed by atoms with Crippen molar-refractivity contribution in [3.05, 3.63) is 83.6 Å². The molecule has 0 saturated heterocycles. The number of aryl methyl sites for hydroxylation is 2. The molecule has 0 aliphatic carbocycles. The van der Waals surface area contributed by atoms with Crippen LogP contribution in [0.15, 0.2) is 65.3 Å². The molecule has 0 spiro atoms. The molecule has 4 aromatic rings. The SMILES string of the molecule is Cc1ccc(C(C)C)c(OCCCCn2c(CCNC(=O)c3ccco3)nc3ccccc32)c1. The Hall–Kier alpha value is -3.54.